The van der Waals surface area contributed by atoms with Crippen LogP contribution in [0.2, 0.25) is 0 Å². The van der Waals surface area contributed by atoms with E-state index < -0.39 is 11.5 Å². The maximum atomic E-state index is 12.3. The number of rotatable bonds is 6. The van der Waals surface area contributed by atoms with Crippen LogP contribution in [0.5, 0.6) is 5.75 Å². The topological polar surface area (TPSA) is 88.5 Å². The first-order chi connectivity index (χ1) is 11.3. The van der Waals surface area contributed by atoms with E-state index in [1.54, 1.807) is 7.11 Å². The van der Waals surface area contributed by atoms with E-state index in [1.165, 1.54) is 18.3 Å². The van der Waals surface area contributed by atoms with Crippen molar-refractivity contribution in [1.82, 2.24) is 10.3 Å². The minimum Gasteiger partial charge on any atom is -0.497 e. The fourth-order valence-electron chi connectivity index (χ4n) is 2.32. The van der Waals surface area contributed by atoms with Gasteiger partial charge in [0.2, 0.25) is 0 Å². The van der Waals surface area contributed by atoms with Gasteiger partial charge in [0.15, 0.2) is 0 Å². The number of ether oxygens (including phenoxy) is 1. The summed E-state index contributed by atoms with van der Waals surface area (Å²) in [6.45, 7) is 3.83. The molecule has 6 heteroatoms. The zero-order valence-corrected chi connectivity index (χ0v) is 13.9. The van der Waals surface area contributed by atoms with Gasteiger partial charge in [-0.3, -0.25) is 9.78 Å². The van der Waals surface area contributed by atoms with Gasteiger partial charge in [-0.05, 0) is 50.1 Å². The normalized spacial score (nSPS) is 11.0. The fraction of sp³-hybridized carbons (Fsp3) is 0.278. The fourth-order valence-corrected chi connectivity index (χ4v) is 2.32. The molecule has 0 saturated carbocycles. The van der Waals surface area contributed by atoms with Gasteiger partial charge in [-0.1, -0.05) is 12.1 Å². The smallest absolute Gasteiger partial charge is 0.337 e. The predicted octanol–water partition coefficient (Wildman–Crippen LogP) is 2.54. The molecular formula is C18H20N2O4. The summed E-state index contributed by atoms with van der Waals surface area (Å²) < 4.78 is 5.13. The summed E-state index contributed by atoms with van der Waals surface area (Å²) in [4.78, 5) is 27.0. The van der Waals surface area contributed by atoms with Gasteiger partial charge in [-0.15, -0.1) is 0 Å². The molecule has 0 bridgehead atoms. The molecule has 2 aromatic rings. The molecule has 126 valence electrons. The van der Waals surface area contributed by atoms with Gasteiger partial charge in [-0.25, -0.2) is 4.79 Å². The summed E-state index contributed by atoms with van der Waals surface area (Å²) >= 11 is 0. The van der Waals surface area contributed by atoms with Crippen LogP contribution in [-0.2, 0) is 6.42 Å². The van der Waals surface area contributed by atoms with E-state index in [1.807, 2.05) is 38.1 Å². The van der Waals surface area contributed by atoms with Crippen molar-refractivity contribution in [3.05, 3.63) is 59.4 Å². The summed E-state index contributed by atoms with van der Waals surface area (Å²) in [5.41, 5.74) is 0.806. The van der Waals surface area contributed by atoms with Crippen molar-refractivity contribution in [2.75, 3.05) is 7.11 Å². The highest BCUT2D eigenvalue weighted by molar-refractivity contribution is 5.94. The highest BCUT2D eigenvalue weighted by Gasteiger charge is 2.22. The molecule has 1 heterocycles. The van der Waals surface area contributed by atoms with Crippen LogP contribution in [0.25, 0.3) is 0 Å². The van der Waals surface area contributed by atoms with Crippen LogP contribution in [0.3, 0.4) is 0 Å². The summed E-state index contributed by atoms with van der Waals surface area (Å²) in [5, 5.41) is 11.8. The SMILES string of the molecule is COc1ccc(CC(C)(C)NC(=O)c2ccc(C(=O)O)cn2)cc1. The largest absolute Gasteiger partial charge is 0.497 e. The van der Waals surface area contributed by atoms with E-state index in [-0.39, 0.29) is 17.2 Å². The Morgan fingerprint density at radius 1 is 1.17 bits per heavy atom. The van der Waals surface area contributed by atoms with Gasteiger partial charge in [0.1, 0.15) is 11.4 Å². The standard InChI is InChI=1S/C18H20N2O4/c1-18(2,10-12-4-7-14(24-3)8-5-12)20-16(21)15-9-6-13(11-19-15)17(22)23/h4-9,11H,10H2,1-3H3,(H,20,21)(H,22,23). The van der Waals surface area contributed by atoms with E-state index >= 15 is 0 Å². The highest BCUT2D eigenvalue weighted by Crippen LogP contribution is 2.17. The van der Waals surface area contributed by atoms with Crippen molar-refractivity contribution in [3.8, 4) is 5.75 Å². The van der Waals surface area contributed by atoms with Crippen molar-refractivity contribution >= 4 is 11.9 Å². The van der Waals surface area contributed by atoms with Gasteiger partial charge in [0.25, 0.3) is 5.91 Å². The number of carboxylic acid groups (broad SMARTS) is 1. The van der Waals surface area contributed by atoms with Gasteiger partial charge >= 0.3 is 5.97 Å². The summed E-state index contributed by atoms with van der Waals surface area (Å²) in [6, 6.07) is 10.4. The van der Waals surface area contributed by atoms with E-state index in [9.17, 15) is 9.59 Å². The van der Waals surface area contributed by atoms with Gasteiger partial charge < -0.3 is 15.2 Å². The molecule has 24 heavy (non-hydrogen) atoms. The maximum Gasteiger partial charge on any atom is 0.337 e. The first kappa shape index (κ1) is 17.5. The molecule has 6 nitrogen and oxygen atoms in total. The highest BCUT2D eigenvalue weighted by atomic mass is 16.5. The molecule has 1 aromatic heterocycles. The molecule has 0 fully saturated rings. The number of hydrogen-bond donors (Lipinski definition) is 2. The summed E-state index contributed by atoms with van der Waals surface area (Å²) in [5.74, 6) is -0.636. The zero-order chi connectivity index (χ0) is 17.7. The van der Waals surface area contributed by atoms with Crippen LogP contribution in [0, 0.1) is 0 Å². The first-order valence-corrected chi connectivity index (χ1v) is 7.45. The second kappa shape index (κ2) is 7.12. The lowest BCUT2D eigenvalue weighted by Crippen LogP contribution is -2.45. The minimum absolute atomic E-state index is 0.0454. The third-order valence-corrected chi connectivity index (χ3v) is 3.50. The van der Waals surface area contributed by atoms with Gasteiger partial charge in [0.05, 0.1) is 12.7 Å². The quantitative estimate of drug-likeness (QED) is 0.851. The molecule has 1 amide bonds. The number of benzene rings is 1. The molecule has 0 radical (unpaired) electrons. The number of nitrogens with one attached hydrogen (secondary N) is 1. The van der Waals surface area contributed by atoms with Gasteiger partial charge in [0, 0.05) is 11.7 Å². The van der Waals surface area contributed by atoms with Crippen LogP contribution in [0.4, 0.5) is 0 Å². The molecule has 2 rings (SSSR count). The summed E-state index contributed by atoms with van der Waals surface area (Å²) in [7, 11) is 1.61. The Balaban J connectivity index is 2.03. The molecule has 0 aliphatic rings. The maximum absolute atomic E-state index is 12.3. The van der Waals surface area contributed by atoms with Crippen molar-refractivity contribution in [2.45, 2.75) is 25.8 Å². The Morgan fingerprint density at radius 3 is 2.33 bits per heavy atom. The molecule has 0 aliphatic heterocycles. The Hall–Kier alpha value is -2.89. The van der Waals surface area contributed by atoms with Crippen molar-refractivity contribution in [2.24, 2.45) is 0 Å². The monoisotopic (exact) mass is 328 g/mol. The number of carbonyl (C=O) groups excluding carboxylic acids is 1. The van der Waals surface area contributed by atoms with Crippen molar-refractivity contribution < 1.29 is 19.4 Å². The van der Waals surface area contributed by atoms with Crippen molar-refractivity contribution in [1.29, 1.82) is 0 Å². The van der Waals surface area contributed by atoms with Crippen LogP contribution >= 0.6 is 0 Å². The van der Waals surface area contributed by atoms with E-state index in [0.29, 0.717) is 6.42 Å². The number of carbonyl (C=O) groups is 2. The van der Waals surface area contributed by atoms with E-state index in [2.05, 4.69) is 10.3 Å². The zero-order valence-electron chi connectivity index (χ0n) is 13.9. The number of pyridine rings is 1. The van der Waals surface area contributed by atoms with Gasteiger partial charge in [-0.2, -0.15) is 0 Å². The molecular weight excluding hydrogens is 308 g/mol. The van der Waals surface area contributed by atoms with E-state index in [0.717, 1.165) is 11.3 Å². The van der Waals surface area contributed by atoms with Crippen LogP contribution < -0.4 is 10.1 Å². The molecule has 0 spiro atoms. The summed E-state index contributed by atoms with van der Waals surface area (Å²) in [6.07, 6.45) is 1.81. The molecule has 0 aliphatic carbocycles. The third kappa shape index (κ3) is 4.55. The Kier molecular flexibility index (Phi) is 5.18. The Labute approximate surface area is 140 Å². The molecule has 1 aromatic carbocycles. The second-order valence-corrected chi connectivity index (χ2v) is 6.10. The van der Waals surface area contributed by atoms with Crippen LogP contribution in [-0.4, -0.2) is 34.6 Å². The lowest BCUT2D eigenvalue weighted by atomic mass is 9.94. The first-order valence-electron chi connectivity index (χ1n) is 7.45. The number of aromatic nitrogens is 1. The number of carboxylic acids is 1. The predicted molar refractivity (Wildman–Crippen MR) is 89.4 cm³/mol. The van der Waals surface area contributed by atoms with Crippen LogP contribution in [0.15, 0.2) is 42.6 Å². The van der Waals surface area contributed by atoms with Crippen LogP contribution in [0.1, 0.15) is 40.3 Å². The number of hydrogen-bond acceptors (Lipinski definition) is 4. The molecule has 0 atom stereocenters. The Bertz CT molecular complexity index is 722. The Morgan fingerprint density at radius 2 is 1.83 bits per heavy atom. The lowest BCUT2D eigenvalue weighted by Gasteiger charge is -2.26. The third-order valence-electron chi connectivity index (χ3n) is 3.50. The van der Waals surface area contributed by atoms with E-state index in [4.69, 9.17) is 9.84 Å². The number of methoxy groups -OCH3 is 1. The molecule has 2 N–H and O–H groups in total. The number of nitrogens with zero attached hydrogens (tertiary/aromatic N) is 1. The molecule has 0 unspecified atom stereocenters. The van der Waals surface area contributed by atoms with Crippen molar-refractivity contribution in [3.63, 3.8) is 0 Å². The lowest BCUT2D eigenvalue weighted by molar-refractivity contribution is 0.0695. The average Bonchev–Trinajstić information content (AvgIpc) is 2.54. The number of amides is 1. The number of aromatic carboxylic acids is 1. The minimum atomic E-state index is -1.07. The molecule has 0 saturated heterocycles. The average molecular weight is 328 g/mol. The second-order valence-electron chi connectivity index (χ2n) is 6.10.